The predicted octanol–water partition coefficient (Wildman–Crippen LogP) is 3.42. The summed E-state index contributed by atoms with van der Waals surface area (Å²) in [6.45, 7) is 5.95. The van der Waals surface area contributed by atoms with Crippen molar-refractivity contribution in [1.29, 1.82) is 0 Å². The number of nitrogens with zero attached hydrogens (tertiary/aromatic N) is 2. The molecule has 0 atom stereocenters. The number of benzene rings is 1. The molecule has 16 heavy (non-hydrogen) atoms. The number of aromatic nitrogens is 1. The summed E-state index contributed by atoms with van der Waals surface area (Å²) in [6, 6.07) is 4.92. The normalized spacial score (nSPS) is 9.75. The van der Waals surface area contributed by atoms with Crippen molar-refractivity contribution in [3.63, 3.8) is 0 Å². The minimum atomic E-state index is -0.369. The second-order valence-corrected chi connectivity index (χ2v) is 3.38. The Labute approximate surface area is 94.7 Å². The van der Waals surface area contributed by atoms with Gasteiger partial charge in [-0.15, -0.1) is 0 Å². The van der Waals surface area contributed by atoms with Gasteiger partial charge < -0.3 is 4.57 Å². The van der Waals surface area contributed by atoms with Crippen LogP contribution in [-0.4, -0.2) is 9.49 Å². The highest BCUT2D eigenvalue weighted by molar-refractivity contribution is 5.85. The molecule has 0 aliphatic carbocycles. The van der Waals surface area contributed by atoms with Crippen molar-refractivity contribution in [2.45, 2.75) is 20.8 Å². The van der Waals surface area contributed by atoms with Crippen LogP contribution in [0.5, 0.6) is 0 Å². The summed E-state index contributed by atoms with van der Waals surface area (Å²) in [5.74, 6) is 0. The first-order chi connectivity index (χ1) is 7.59. The van der Waals surface area contributed by atoms with E-state index in [9.17, 15) is 10.1 Å². The first-order valence-electron chi connectivity index (χ1n) is 5.29. The van der Waals surface area contributed by atoms with Crippen LogP contribution >= 0.6 is 0 Å². The molecule has 2 rings (SSSR count). The summed E-state index contributed by atoms with van der Waals surface area (Å²) in [5, 5.41) is 11.5. The van der Waals surface area contributed by atoms with Gasteiger partial charge in [-0.25, -0.2) is 0 Å². The molecule has 0 radical (unpaired) electrons. The average Bonchev–Trinajstić information content (AvgIpc) is 2.57. The van der Waals surface area contributed by atoms with Gasteiger partial charge in [0, 0.05) is 36.3 Å². The van der Waals surface area contributed by atoms with Gasteiger partial charge in [-0.3, -0.25) is 10.1 Å². The number of aryl methyl sites for hydroxylation is 2. The van der Waals surface area contributed by atoms with Crippen LogP contribution in [0, 0.1) is 17.0 Å². The van der Waals surface area contributed by atoms with E-state index in [-0.39, 0.29) is 10.6 Å². The lowest BCUT2D eigenvalue weighted by Crippen LogP contribution is -1.88. The molecule has 2 aromatic rings. The Morgan fingerprint density at radius 3 is 2.50 bits per heavy atom. The lowest BCUT2D eigenvalue weighted by molar-refractivity contribution is -0.384. The standard InChI is InChI=1S/C10H10N2O2.C2H6/c1-7-6-11(2)10-4-3-8(12(13)14)5-9(7)10;1-2/h3-6H,1-2H3;1-2H3. The summed E-state index contributed by atoms with van der Waals surface area (Å²) in [6.07, 6.45) is 1.97. The molecular weight excluding hydrogens is 204 g/mol. The van der Waals surface area contributed by atoms with Gasteiger partial charge in [0.1, 0.15) is 0 Å². The number of hydrogen-bond acceptors (Lipinski definition) is 2. The molecule has 0 bridgehead atoms. The van der Waals surface area contributed by atoms with Crippen LogP contribution in [0.4, 0.5) is 5.69 Å². The van der Waals surface area contributed by atoms with Gasteiger partial charge in [0.25, 0.3) is 5.69 Å². The number of rotatable bonds is 1. The van der Waals surface area contributed by atoms with Crippen molar-refractivity contribution < 1.29 is 4.92 Å². The molecule has 0 aliphatic rings. The van der Waals surface area contributed by atoms with Gasteiger partial charge in [0.2, 0.25) is 0 Å². The van der Waals surface area contributed by atoms with Crippen molar-refractivity contribution in [1.82, 2.24) is 4.57 Å². The zero-order valence-electron chi connectivity index (χ0n) is 10.0. The third-order valence-corrected chi connectivity index (χ3v) is 2.38. The second-order valence-electron chi connectivity index (χ2n) is 3.38. The quantitative estimate of drug-likeness (QED) is 0.546. The maximum atomic E-state index is 10.6. The summed E-state index contributed by atoms with van der Waals surface area (Å²) < 4.78 is 1.97. The van der Waals surface area contributed by atoms with Crippen molar-refractivity contribution in [2.24, 2.45) is 7.05 Å². The van der Waals surface area contributed by atoms with Gasteiger partial charge in [-0.05, 0) is 18.6 Å². The Morgan fingerprint density at radius 2 is 1.94 bits per heavy atom. The number of non-ortho nitro benzene ring substituents is 1. The van der Waals surface area contributed by atoms with E-state index in [1.54, 1.807) is 12.1 Å². The lowest BCUT2D eigenvalue weighted by atomic mass is 10.2. The highest BCUT2D eigenvalue weighted by Gasteiger charge is 2.09. The lowest BCUT2D eigenvalue weighted by Gasteiger charge is -1.95. The smallest absolute Gasteiger partial charge is 0.270 e. The van der Waals surface area contributed by atoms with Gasteiger partial charge in [-0.1, -0.05) is 13.8 Å². The van der Waals surface area contributed by atoms with E-state index in [1.165, 1.54) is 6.07 Å². The Balaban J connectivity index is 0.000000606. The number of hydrogen-bond donors (Lipinski definition) is 0. The van der Waals surface area contributed by atoms with Crippen LogP contribution in [0.25, 0.3) is 10.9 Å². The number of nitro benzene ring substituents is 1. The Hall–Kier alpha value is -1.84. The minimum absolute atomic E-state index is 0.145. The Morgan fingerprint density at radius 1 is 1.31 bits per heavy atom. The third kappa shape index (κ3) is 2.05. The molecule has 4 nitrogen and oxygen atoms in total. The molecular formula is C12H16N2O2. The van der Waals surface area contributed by atoms with E-state index >= 15 is 0 Å². The minimum Gasteiger partial charge on any atom is -0.350 e. The molecule has 0 saturated heterocycles. The zero-order valence-corrected chi connectivity index (χ0v) is 10.0. The molecule has 4 heteroatoms. The topological polar surface area (TPSA) is 48.1 Å². The zero-order chi connectivity index (χ0) is 12.3. The molecule has 0 amide bonds. The molecule has 0 spiro atoms. The summed E-state index contributed by atoms with van der Waals surface area (Å²) >= 11 is 0. The molecule has 0 fully saturated rings. The fraction of sp³-hybridized carbons (Fsp3) is 0.333. The van der Waals surface area contributed by atoms with Crippen LogP contribution in [-0.2, 0) is 7.05 Å². The molecule has 86 valence electrons. The fourth-order valence-corrected chi connectivity index (χ4v) is 1.69. The fourth-order valence-electron chi connectivity index (χ4n) is 1.69. The Kier molecular flexibility index (Phi) is 3.66. The first kappa shape index (κ1) is 12.2. The Bertz CT molecular complexity index is 515. The van der Waals surface area contributed by atoms with Gasteiger partial charge in [-0.2, -0.15) is 0 Å². The van der Waals surface area contributed by atoms with Gasteiger partial charge in [0.05, 0.1) is 4.92 Å². The SMILES string of the molecule is CC.Cc1cn(C)c2ccc([N+](=O)[O-])cc12. The summed E-state index contributed by atoms with van der Waals surface area (Å²) in [4.78, 5) is 10.2. The highest BCUT2D eigenvalue weighted by Crippen LogP contribution is 2.24. The van der Waals surface area contributed by atoms with Gasteiger partial charge >= 0.3 is 0 Å². The van der Waals surface area contributed by atoms with Crippen LogP contribution in [0.1, 0.15) is 19.4 Å². The maximum absolute atomic E-state index is 10.6. The van der Waals surface area contributed by atoms with Crippen molar-refractivity contribution in [3.05, 3.63) is 40.1 Å². The van der Waals surface area contributed by atoms with Crippen molar-refractivity contribution in [3.8, 4) is 0 Å². The molecule has 0 N–H and O–H groups in total. The van der Waals surface area contributed by atoms with Crippen LogP contribution in [0.15, 0.2) is 24.4 Å². The van der Waals surface area contributed by atoms with Crippen LogP contribution in [0.3, 0.4) is 0 Å². The van der Waals surface area contributed by atoms with Crippen LogP contribution < -0.4 is 0 Å². The molecule has 1 aromatic heterocycles. The van der Waals surface area contributed by atoms with Gasteiger partial charge in [0.15, 0.2) is 0 Å². The largest absolute Gasteiger partial charge is 0.350 e. The van der Waals surface area contributed by atoms with E-state index < -0.39 is 0 Å². The average molecular weight is 220 g/mol. The van der Waals surface area contributed by atoms with E-state index in [0.717, 1.165) is 16.5 Å². The number of fused-ring (bicyclic) bond motifs is 1. The molecule has 1 heterocycles. The summed E-state index contributed by atoms with van der Waals surface area (Å²) in [5.41, 5.74) is 2.23. The van der Waals surface area contributed by atoms with E-state index in [1.807, 2.05) is 38.6 Å². The monoisotopic (exact) mass is 220 g/mol. The maximum Gasteiger partial charge on any atom is 0.270 e. The second kappa shape index (κ2) is 4.79. The molecule has 0 unspecified atom stereocenters. The molecule has 1 aromatic carbocycles. The van der Waals surface area contributed by atoms with E-state index in [0.29, 0.717) is 0 Å². The first-order valence-corrected chi connectivity index (χ1v) is 5.29. The van der Waals surface area contributed by atoms with E-state index in [2.05, 4.69) is 0 Å². The highest BCUT2D eigenvalue weighted by atomic mass is 16.6. The third-order valence-electron chi connectivity index (χ3n) is 2.38. The molecule has 0 saturated carbocycles. The molecule has 0 aliphatic heterocycles. The van der Waals surface area contributed by atoms with Crippen LogP contribution in [0.2, 0.25) is 0 Å². The van der Waals surface area contributed by atoms with E-state index in [4.69, 9.17) is 0 Å². The van der Waals surface area contributed by atoms with Crippen molar-refractivity contribution in [2.75, 3.05) is 0 Å². The predicted molar refractivity (Wildman–Crippen MR) is 65.7 cm³/mol. The number of nitro groups is 1. The van der Waals surface area contributed by atoms with Crippen molar-refractivity contribution >= 4 is 16.6 Å². The summed E-state index contributed by atoms with van der Waals surface area (Å²) in [7, 11) is 1.93.